The van der Waals surface area contributed by atoms with Crippen molar-refractivity contribution in [2.24, 2.45) is 5.73 Å². The number of rotatable bonds is 3. The molecule has 0 aliphatic rings. The highest BCUT2D eigenvalue weighted by Crippen LogP contribution is 2.20. The molecule has 1 unspecified atom stereocenters. The van der Waals surface area contributed by atoms with E-state index >= 15 is 0 Å². The van der Waals surface area contributed by atoms with Crippen molar-refractivity contribution in [3.63, 3.8) is 0 Å². The van der Waals surface area contributed by atoms with Crippen molar-refractivity contribution in [3.8, 4) is 5.69 Å². The van der Waals surface area contributed by atoms with Gasteiger partial charge >= 0.3 is 0 Å². The molecule has 2 N–H and O–H groups in total. The highest BCUT2D eigenvalue weighted by atomic mass is 15.4. The quantitative estimate of drug-likeness (QED) is 0.786. The summed E-state index contributed by atoms with van der Waals surface area (Å²) in [7, 11) is 0. The average Bonchev–Trinajstić information content (AvgIpc) is 2.97. The fourth-order valence-corrected chi connectivity index (χ4v) is 2.06. The standard InChI is InChI=1S/C15H15N5/c1-11-7-8-12(9-17-11)15(16)14-10-18-19-20(14)13-5-3-2-4-6-13/h2-10,15H,16H2,1H3. The summed E-state index contributed by atoms with van der Waals surface area (Å²) in [6.07, 6.45) is 3.49. The molecule has 5 heteroatoms. The van der Waals surface area contributed by atoms with Crippen LogP contribution in [0.25, 0.3) is 5.69 Å². The van der Waals surface area contributed by atoms with Gasteiger partial charge in [-0.3, -0.25) is 4.98 Å². The van der Waals surface area contributed by atoms with Gasteiger partial charge < -0.3 is 5.73 Å². The van der Waals surface area contributed by atoms with Crippen molar-refractivity contribution < 1.29 is 0 Å². The number of pyridine rings is 1. The number of nitrogens with zero attached hydrogens (tertiary/aromatic N) is 4. The van der Waals surface area contributed by atoms with Gasteiger partial charge in [-0.15, -0.1) is 5.10 Å². The molecular formula is C15H15N5. The fraction of sp³-hybridized carbons (Fsp3) is 0.133. The normalized spacial score (nSPS) is 12.3. The number of benzene rings is 1. The topological polar surface area (TPSA) is 69.6 Å². The first kappa shape index (κ1) is 12.5. The van der Waals surface area contributed by atoms with Crippen LogP contribution in [0.1, 0.15) is 23.0 Å². The van der Waals surface area contributed by atoms with Crippen LogP contribution in [-0.4, -0.2) is 20.0 Å². The number of aromatic nitrogens is 4. The lowest BCUT2D eigenvalue weighted by atomic mass is 10.1. The molecule has 1 aromatic carbocycles. The van der Waals surface area contributed by atoms with E-state index in [1.54, 1.807) is 17.1 Å². The Bertz CT molecular complexity index is 688. The molecule has 0 aliphatic heterocycles. The largest absolute Gasteiger partial charge is 0.319 e. The molecule has 2 aromatic heterocycles. The number of hydrogen-bond acceptors (Lipinski definition) is 4. The summed E-state index contributed by atoms with van der Waals surface area (Å²) in [5, 5.41) is 8.09. The summed E-state index contributed by atoms with van der Waals surface area (Å²) >= 11 is 0. The Kier molecular flexibility index (Phi) is 3.26. The third kappa shape index (κ3) is 2.31. The molecule has 0 spiro atoms. The van der Waals surface area contributed by atoms with E-state index in [0.29, 0.717) is 0 Å². The van der Waals surface area contributed by atoms with Crippen LogP contribution in [0.15, 0.2) is 54.9 Å². The maximum atomic E-state index is 6.31. The van der Waals surface area contributed by atoms with Crippen molar-refractivity contribution in [2.45, 2.75) is 13.0 Å². The van der Waals surface area contributed by atoms with Crippen molar-refractivity contribution in [3.05, 3.63) is 71.8 Å². The zero-order valence-electron chi connectivity index (χ0n) is 11.1. The van der Waals surface area contributed by atoms with Crippen LogP contribution in [0.4, 0.5) is 0 Å². The minimum atomic E-state index is -0.307. The molecule has 3 rings (SSSR count). The minimum absolute atomic E-state index is 0.307. The zero-order chi connectivity index (χ0) is 13.9. The van der Waals surface area contributed by atoms with E-state index in [1.165, 1.54) is 0 Å². The zero-order valence-corrected chi connectivity index (χ0v) is 11.1. The van der Waals surface area contributed by atoms with Gasteiger partial charge in [0, 0.05) is 11.9 Å². The lowest BCUT2D eigenvalue weighted by Gasteiger charge is -2.13. The molecule has 0 saturated carbocycles. The molecule has 5 nitrogen and oxygen atoms in total. The van der Waals surface area contributed by atoms with Crippen LogP contribution >= 0.6 is 0 Å². The van der Waals surface area contributed by atoms with Crippen LogP contribution in [0.5, 0.6) is 0 Å². The predicted molar refractivity (Wildman–Crippen MR) is 76.4 cm³/mol. The predicted octanol–water partition coefficient (Wildman–Crippen LogP) is 2.02. The van der Waals surface area contributed by atoms with E-state index < -0.39 is 0 Å². The molecule has 1 atom stereocenters. The molecule has 20 heavy (non-hydrogen) atoms. The average molecular weight is 265 g/mol. The smallest absolute Gasteiger partial charge is 0.0859 e. The second kappa shape index (κ2) is 5.22. The lowest BCUT2D eigenvalue weighted by Crippen LogP contribution is -2.17. The summed E-state index contributed by atoms with van der Waals surface area (Å²) in [6, 6.07) is 13.4. The Morgan fingerprint density at radius 2 is 1.85 bits per heavy atom. The molecule has 0 saturated heterocycles. The Labute approximate surface area is 117 Å². The third-order valence-electron chi connectivity index (χ3n) is 3.19. The summed E-state index contributed by atoms with van der Waals surface area (Å²) in [6.45, 7) is 1.95. The van der Waals surface area contributed by atoms with Crippen molar-refractivity contribution in [1.82, 2.24) is 20.0 Å². The van der Waals surface area contributed by atoms with E-state index in [1.807, 2.05) is 49.4 Å². The molecule has 0 bridgehead atoms. The van der Waals surface area contributed by atoms with Gasteiger partial charge in [-0.2, -0.15) is 0 Å². The van der Waals surface area contributed by atoms with Gasteiger partial charge in [0.15, 0.2) is 0 Å². The molecule has 100 valence electrons. The second-order valence-corrected chi connectivity index (χ2v) is 4.62. The highest BCUT2D eigenvalue weighted by molar-refractivity contribution is 5.34. The summed E-state index contributed by atoms with van der Waals surface area (Å²) < 4.78 is 1.75. The molecule has 0 radical (unpaired) electrons. The summed E-state index contributed by atoms with van der Waals surface area (Å²) in [4.78, 5) is 4.28. The Hall–Kier alpha value is -2.53. The lowest BCUT2D eigenvalue weighted by molar-refractivity contribution is 0.717. The molecule has 0 aliphatic carbocycles. The van der Waals surface area contributed by atoms with Crippen molar-refractivity contribution >= 4 is 0 Å². The van der Waals surface area contributed by atoms with Gasteiger partial charge in [0.05, 0.1) is 23.6 Å². The van der Waals surface area contributed by atoms with Gasteiger partial charge in [-0.1, -0.05) is 29.5 Å². The van der Waals surface area contributed by atoms with Crippen LogP contribution in [-0.2, 0) is 0 Å². The Morgan fingerprint density at radius 1 is 1.05 bits per heavy atom. The van der Waals surface area contributed by atoms with E-state index in [-0.39, 0.29) is 6.04 Å². The van der Waals surface area contributed by atoms with Crippen molar-refractivity contribution in [1.29, 1.82) is 0 Å². The minimum Gasteiger partial charge on any atom is -0.319 e. The molecule has 0 fully saturated rings. The van der Waals surface area contributed by atoms with Gasteiger partial charge in [0.25, 0.3) is 0 Å². The Balaban J connectivity index is 1.99. The van der Waals surface area contributed by atoms with Crippen LogP contribution in [0.2, 0.25) is 0 Å². The van der Waals surface area contributed by atoms with E-state index in [4.69, 9.17) is 5.73 Å². The van der Waals surface area contributed by atoms with Gasteiger partial charge in [-0.25, -0.2) is 4.68 Å². The first-order chi connectivity index (χ1) is 9.75. The van der Waals surface area contributed by atoms with Gasteiger partial charge in [0.1, 0.15) is 0 Å². The van der Waals surface area contributed by atoms with E-state index in [0.717, 1.165) is 22.6 Å². The fourth-order valence-electron chi connectivity index (χ4n) is 2.06. The van der Waals surface area contributed by atoms with Crippen molar-refractivity contribution in [2.75, 3.05) is 0 Å². The van der Waals surface area contributed by atoms with Gasteiger partial charge in [-0.05, 0) is 30.7 Å². The second-order valence-electron chi connectivity index (χ2n) is 4.62. The first-order valence-corrected chi connectivity index (χ1v) is 6.40. The monoisotopic (exact) mass is 265 g/mol. The van der Waals surface area contributed by atoms with E-state index in [9.17, 15) is 0 Å². The number of hydrogen-bond donors (Lipinski definition) is 1. The summed E-state index contributed by atoms with van der Waals surface area (Å²) in [5.74, 6) is 0. The van der Waals surface area contributed by atoms with Gasteiger partial charge in [0.2, 0.25) is 0 Å². The van der Waals surface area contributed by atoms with Crippen LogP contribution in [0, 0.1) is 6.92 Å². The highest BCUT2D eigenvalue weighted by Gasteiger charge is 2.16. The number of aryl methyl sites for hydroxylation is 1. The summed E-state index contributed by atoms with van der Waals surface area (Å²) in [5.41, 5.74) is 9.99. The van der Waals surface area contributed by atoms with Crippen LogP contribution < -0.4 is 5.73 Å². The van der Waals surface area contributed by atoms with E-state index in [2.05, 4.69) is 15.3 Å². The van der Waals surface area contributed by atoms with Crippen LogP contribution in [0.3, 0.4) is 0 Å². The third-order valence-corrected chi connectivity index (χ3v) is 3.19. The number of para-hydroxylation sites is 1. The number of nitrogens with two attached hydrogens (primary N) is 1. The molecule has 2 heterocycles. The maximum absolute atomic E-state index is 6.31. The first-order valence-electron chi connectivity index (χ1n) is 6.40. The molecule has 0 amide bonds. The molecular weight excluding hydrogens is 250 g/mol. The Morgan fingerprint density at radius 3 is 2.55 bits per heavy atom. The molecule has 3 aromatic rings. The maximum Gasteiger partial charge on any atom is 0.0859 e. The SMILES string of the molecule is Cc1ccc(C(N)c2cnnn2-c2ccccc2)cn1.